The number of nitrogens with two attached hydrogens (primary N) is 2. The van der Waals surface area contributed by atoms with Gasteiger partial charge in [0.2, 0.25) is 11.8 Å². The molecule has 2 heterocycles. The van der Waals surface area contributed by atoms with Crippen LogP contribution in [-0.2, 0) is 20.5 Å². The number of aromatic nitrogens is 4. The van der Waals surface area contributed by atoms with Crippen molar-refractivity contribution in [3.05, 3.63) is 6.33 Å². The first-order valence-electron chi connectivity index (χ1n) is 6.50. The molecule has 0 spiro atoms. The van der Waals surface area contributed by atoms with Crippen LogP contribution < -0.4 is 21.7 Å². The van der Waals surface area contributed by atoms with Crippen molar-refractivity contribution >= 4 is 24.7 Å². The highest BCUT2D eigenvalue weighted by atomic mass is 31.2. The van der Waals surface area contributed by atoms with Crippen LogP contribution in [0.4, 0.5) is 5.95 Å². The number of anilines is 1. The van der Waals surface area contributed by atoms with Gasteiger partial charge in [0.25, 0.3) is 0 Å². The lowest BCUT2D eigenvalue weighted by molar-refractivity contribution is 0.113. The zero-order chi connectivity index (χ0) is 16.9. The highest BCUT2D eigenvalue weighted by Crippen LogP contribution is 2.40. The van der Waals surface area contributed by atoms with E-state index in [1.54, 1.807) is 4.57 Å². The van der Waals surface area contributed by atoms with Gasteiger partial charge in [-0.05, 0) is 0 Å². The summed E-state index contributed by atoms with van der Waals surface area (Å²) >= 11 is 0. The molecule has 0 aliphatic carbocycles. The van der Waals surface area contributed by atoms with Gasteiger partial charge in [-0.1, -0.05) is 0 Å². The van der Waals surface area contributed by atoms with E-state index in [9.17, 15) is 9.46 Å². The van der Waals surface area contributed by atoms with Crippen molar-refractivity contribution in [2.75, 3.05) is 32.5 Å². The average Bonchev–Trinajstić information content (AvgIpc) is 2.91. The Balaban J connectivity index is 1.95. The normalized spacial score (nSPS) is 14.0. The molecule has 0 bridgehead atoms. The third kappa shape index (κ3) is 4.58. The molecule has 12 nitrogen and oxygen atoms in total. The van der Waals surface area contributed by atoms with Gasteiger partial charge >= 0.3 is 7.60 Å². The lowest BCUT2D eigenvalue weighted by Gasteiger charge is -2.12. The van der Waals surface area contributed by atoms with Crippen LogP contribution >= 0.6 is 7.60 Å². The number of methoxy groups -OCH3 is 1. The molecule has 128 valence electrons. The first kappa shape index (κ1) is 17.5. The van der Waals surface area contributed by atoms with Gasteiger partial charge in [-0.3, -0.25) is 4.57 Å². The number of hydrogen-bond acceptors (Lipinski definition) is 10. The molecule has 1 atom stereocenters. The summed E-state index contributed by atoms with van der Waals surface area (Å²) in [6.07, 6.45) is 1.04. The quantitative estimate of drug-likeness (QED) is 0.190. The molecule has 1 unspecified atom stereocenters. The van der Waals surface area contributed by atoms with E-state index in [4.69, 9.17) is 20.9 Å². The fourth-order valence-corrected chi connectivity index (χ4v) is 2.44. The van der Waals surface area contributed by atoms with Crippen molar-refractivity contribution in [1.82, 2.24) is 25.0 Å². The Kier molecular flexibility index (Phi) is 5.82. The largest absolute Gasteiger partial charge is 0.479 e. The molecule has 2 aromatic heterocycles. The standard InChI is InChI=1S/C10H18N7O5P/c1-20-9-7-8(15-10(12)16-9)17(5-13-7)2-3-21-6-23(18,19)22-14-4-11/h5,14H,2-4,6,11H2,1H3,(H,18,19)(H2,12,15,16). The summed E-state index contributed by atoms with van der Waals surface area (Å²) in [4.78, 5) is 21.6. The van der Waals surface area contributed by atoms with Crippen LogP contribution in [0.15, 0.2) is 6.33 Å². The summed E-state index contributed by atoms with van der Waals surface area (Å²) in [5.74, 6) is 0.325. The van der Waals surface area contributed by atoms with Crippen molar-refractivity contribution in [3.63, 3.8) is 0 Å². The molecule has 0 aromatic carbocycles. The van der Waals surface area contributed by atoms with Crippen LogP contribution in [0, 0.1) is 0 Å². The lowest BCUT2D eigenvalue weighted by atomic mass is 10.5. The van der Waals surface area contributed by atoms with Crippen molar-refractivity contribution in [2.24, 2.45) is 5.73 Å². The second-order valence-corrected chi connectivity index (χ2v) is 6.03. The van der Waals surface area contributed by atoms with E-state index < -0.39 is 13.9 Å². The molecule has 0 fully saturated rings. The molecular formula is C10H18N7O5P. The first-order valence-corrected chi connectivity index (χ1v) is 8.26. The minimum absolute atomic E-state index is 0.0538. The summed E-state index contributed by atoms with van der Waals surface area (Å²) in [5.41, 5.74) is 13.8. The van der Waals surface area contributed by atoms with Crippen LogP contribution in [0.5, 0.6) is 5.88 Å². The summed E-state index contributed by atoms with van der Waals surface area (Å²) in [7, 11) is -2.43. The van der Waals surface area contributed by atoms with Gasteiger partial charge < -0.3 is 30.4 Å². The molecule has 0 aliphatic rings. The second-order valence-electron chi connectivity index (χ2n) is 4.32. The van der Waals surface area contributed by atoms with Gasteiger partial charge in [0.05, 0.1) is 26.7 Å². The number of nitrogens with one attached hydrogen (secondary N) is 1. The van der Waals surface area contributed by atoms with E-state index in [1.165, 1.54) is 13.4 Å². The summed E-state index contributed by atoms with van der Waals surface area (Å²) in [6.45, 7) is 0.378. The molecular weight excluding hydrogens is 329 g/mol. The highest BCUT2D eigenvalue weighted by molar-refractivity contribution is 7.52. The van der Waals surface area contributed by atoms with Gasteiger partial charge in [0, 0.05) is 6.54 Å². The number of rotatable bonds is 9. The van der Waals surface area contributed by atoms with Crippen LogP contribution in [0.25, 0.3) is 11.2 Å². The third-order valence-electron chi connectivity index (χ3n) is 2.66. The fraction of sp³-hybridized carbons (Fsp3) is 0.500. The molecule has 13 heteroatoms. The molecule has 0 aliphatic heterocycles. The zero-order valence-corrected chi connectivity index (χ0v) is 13.3. The van der Waals surface area contributed by atoms with E-state index in [1.807, 2.05) is 0 Å². The molecule has 0 saturated heterocycles. The van der Waals surface area contributed by atoms with Crippen LogP contribution in [0.3, 0.4) is 0 Å². The highest BCUT2D eigenvalue weighted by Gasteiger charge is 2.20. The number of nitrogen functional groups attached to an aromatic ring is 1. The van der Waals surface area contributed by atoms with E-state index in [0.717, 1.165) is 0 Å². The predicted octanol–water partition coefficient (Wildman–Crippen LogP) is -0.986. The predicted molar refractivity (Wildman–Crippen MR) is 80.2 cm³/mol. The Hall–Kier alpha value is -1.82. The number of hydrogen-bond donors (Lipinski definition) is 4. The number of hydroxylamine groups is 1. The fourth-order valence-electron chi connectivity index (χ4n) is 1.75. The monoisotopic (exact) mass is 347 g/mol. The maximum Gasteiger partial charge on any atom is 0.369 e. The van der Waals surface area contributed by atoms with E-state index in [2.05, 4.69) is 25.1 Å². The molecule has 23 heavy (non-hydrogen) atoms. The minimum atomic E-state index is -3.89. The van der Waals surface area contributed by atoms with Gasteiger partial charge in [-0.15, -0.1) is 0 Å². The number of nitrogens with zero attached hydrogens (tertiary/aromatic N) is 4. The van der Waals surface area contributed by atoms with Crippen LogP contribution in [0.2, 0.25) is 0 Å². The van der Waals surface area contributed by atoms with Crippen LogP contribution in [0.1, 0.15) is 0 Å². The summed E-state index contributed by atoms with van der Waals surface area (Å²) in [5, 5.41) is 0. The van der Waals surface area contributed by atoms with Gasteiger partial charge in [-0.2, -0.15) is 15.4 Å². The Morgan fingerprint density at radius 1 is 1.48 bits per heavy atom. The molecule has 0 amide bonds. The van der Waals surface area contributed by atoms with Gasteiger partial charge in [0.1, 0.15) is 6.35 Å². The minimum Gasteiger partial charge on any atom is -0.479 e. The Morgan fingerprint density at radius 3 is 2.96 bits per heavy atom. The van der Waals surface area contributed by atoms with E-state index in [0.29, 0.717) is 17.7 Å². The molecule has 6 N–H and O–H groups in total. The second kappa shape index (κ2) is 7.64. The SMILES string of the molecule is COc1nc(N)nc2c1ncn2CCOCP(=O)(O)ONCN. The van der Waals surface area contributed by atoms with Crippen molar-refractivity contribution in [1.29, 1.82) is 0 Å². The maximum atomic E-state index is 11.5. The van der Waals surface area contributed by atoms with Crippen molar-refractivity contribution in [3.8, 4) is 5.88 Å². The smallest absolute Gasteiger partial charge is 0.369 e. The number of fused-ring (bicyclic) bond motifs is 1. The Bertz CT molecular complexity index is 708. The molecule has 0 saturated carbocycles. The van der Waals surface area contributed by atoms with Gasteiger partial charge in [0.15, 0.2) is 11.2 Å². The van der Waals surface area contributed by atoms with Gasteiger partial charge in [-0.25, -0.2) is 9.61 Å². The topological polar surface area (TPSA) is 173 Å². The van der Waals surface area contributed by atoms with Crippen LogP contribution in [-0.4, -0.2) is 51.1 Å². The number of ether oxygens (including phenoxy) is 2. The molecule has 0 radical (unpaired) electrons. The van der Waals surface area contributed by atoms with E-state index >= 15 is 0 Å². The maximum absolute atomic E-state index is 11.5. The molecule has 2 rings (SSSR count). The lowest BCUT2D eigenvalue weighted by Crippen LogP contribution is -2.22. The summed E-state index contributed by atoms with van der Waals surface area (Å²) in [6, 6.07) is 0. The van der Waals surface area contributed by atoms with E-state index in [-0.39, 0.29) is 25.1 Å². The first-order chi connectivity index (χ1) is 11.0. The van der Waals surface area contributed by atoms with Crippen molar-refractivity contribution in [2.45, 2.75) is 6.54 Å². The molecule has 2 aromatic rings. The third-order valence-corrected chi connectivity index (χ3v) is 3.59. The Morgan fingerprint density at radius 2 is 2.26 bits per heavy atom. The zero-order valence-electron chi connectivity index (χ0n) is 12.4. The Labute approximate surface area is 131 Å². The van der Waals surface area contributed by atoms with Crippen molar-refractivity contribution < 1.29 is 23.6 Å². The summed E-state index contributed by atoms with van der Waals surface area (Å²) < 4.78 is 27.8. The number of imidazole rings is 1. The average molecular weight is 347 g/mol.